The van der Waals surface area contributed by atoms with Crippen molar-refractivity contribution in [1.82, 2.24) is 0 Å². The van der Waals surface area contributed by atoms with E-state index in [0.29, 0.717) is 22.0 Å². The number of fused-ring (bicyclic) bond motifs is 1. The second-order valence-electron chi connectivity index (χ2n) is 4.43. The lowest BCUT2D eigenvalue weighted by atomic mass is 10.00. The summed E-state index contributed by atoms with van der Waals surface area (Å²) in [5, 5.41) is 13.8. The number of phenols is 1. The van der Waals surface area contributed by atoms with E-state index in [9.17, 15) is 18.1 Å². The van der Waals surface area contributed by atoms with Crippen LogP contribution in [0.1, 0.15) is 11.1 Å². The van der Waals surface area contributed by atoms with Gasteiger partial charge in [0.05, 0.1) is 0 Å². The van der Waals surface area contributed by atoms with Gasteiger partial charge in [-0.25, -0.2) is 0 Å². The number of benzene rings is 2. The van der Waals surface area contributed by atoms with Gasteiger partial charge in [-0.15, -0.1) is 0 Å². The number of aryl methyl sites for hydroxylation is 1. The Bertz CT molecular complexity index is 766. The van der Waals surface area contributed by atoms with Crippen LogP contribution in [0.2, 0.25) is 0 Å². The van der Waals surface area contributed by atoms with Crippen LogP contribution >= 0.6 is 0 Å². The normalized spacial score (nSPS) is 11.8. The summed E-state index contributed by atoms with van der Waals surface area (Å²) in [7, 11) is -2.66. The van der Waals surface area contributed by atoms with Gasteiger partial charge in [-0.1, -0.05) is 0 Å². The standard InChI is InChI=1S/C13H15NO4S/c1-7-6-9-11(19(16,17)18)5-4-10(14-3)12(9)13(15)8(7)2/h4-6,14-15H,1-3H3,(H,16,17,18). The third-order valence-electron chi connectivity index (χ3n) is 3.30. The first-order valence-electron chi connectivity index (χ1n) is 5.68. The van der Waals surface area contributed by atoms with E-state index in [-0.39, 0.29) is 10.6 Å². The van der Waals surface area contributed by atoms with Crippen molar-refractivity contribution in [2.24, 2.45) is 0 Å². The molecule has 2 rings (SSSR count). The van der Waals surface area contributed by atoms with Gasteiger partial charge in [0.2, 0.25) is 0 Å². The molecular formula is C13H15NO4S. The molecule has 0 saturated carbocycles. The van der Waals surface area contributed by atoms with Crippen molar-refractivity contribution in [3.63, 3.8) is 0 Å². The number of rotatable bonds is 2. The average Bonchev–Trinajstić information content (AvgIpc) is 2.33. The molecular weight excluding hydrogens is 266 g/mol. The van der Waals surface area contributed by atoms with Crippen molar-refractivity contribution in [2.45, 2.75) is 18.7 Å². The molecule has 0 heterocycles. The van der Waals surface area contributed by atoms with Crippen LogP contribution in [0.4, 0.5) is 5.69 Å². The van der Waals surface area contributed by atoms with Crippen LogP contribution in [-0.4, -0.2) is 25.1 Å². The lowest BCUT2D eigenvalue weighted by Gasteiger charge is -2.14. The van der Waals surface area contributed by atoms with E-state index in [1.165, 1.54) is 12.1 Å². The molecule has 0 aliphatic heterocycles. The van der Waals surface area contributed by atoms with Gasteiger partial charge in [-0.3, -0.25) is 4.55 Å². The predicted molar refractivity (Wildman–Crippen MR) is 74.4 cm³/mol. The third-order valence-corrected chi connectivity index (χ3v) is 4.21. The first kappa shape index (κ1) is 13.6. The molecule has 6 heteroatoms. The Labute approximate surface area is 111 Å². The average molecular weight is 281 g/mol. The van der Waals surface area contributed by atoms with Crippen molar-refractivity contribution in [2.75, 3.05) is 12.4 Å². The highest BCUT2D eigenvalue weighted by molar-refractivity contribution is 7.86. The highest BCUT2D eigenvalue weighted by Crippen LogP contribution is 2.39. The fourth-order valence-electron chi connectivity index (χ4n) is 2.13. The molecule has 0 aliphatic rings. The van der Waals surface area contributed by atoms with Crippen molar-refractivity contribution in [1.29, 1.82) is 0 Å². The molecule has 0 fully saturated rings. The zero-order valence-corrected chi connectivity index (χ0v) is 11.7. The third kappa shape index (κ3) is 2.13. The predicted octanol–water partition coefficient (Wildman–Crippen LogP) is 2.45. The zero-order chi connectivity index (χ0) is 14.4. The van der Waals surface area contributed by atoms with Gasteiger partial charge in [-0.05, 0) is 43.2 Å². The van der Waals surface area contributed by atoms with Crippen molar-refractivity contribution >= 4 is 26.6 Å². The van der Waals surface area contributed by atoms with E-state index >= 15 is 0 Å². The van der Waals surface area contributed by atoms with Crippen LogP contribution in [0, 0.1) is 13.8 Å². The second kappa shape index (κ2) is 4.40. The topological polar surface area (TPSA) is 86.6 Å². The first-order chi connectivity index (χ1) is 8.77. The molecule has 102 valence electrons. The maximum absolute atomic E-state index is 11.4. The van der Waals surface area contributed by atoms with E-state index in [0.717, 1.165) is 5.56 Å². The van der Waals surface area contributed by atoms with Gasteiger partial charge >= 0.3 is 0 Å². The monoisotopic (exact) mass is 281 g/mol. The molecule has 0 bridgehead atoms. The molecule has 0 spiro atoms. The number of hydrogen-bond donors (Lipinski definition) is 3. The number of aromatic hydroxyl groups is 1. The Morgan fingerprint density at radius 3 is 2.37 bits per heavy atom. The Morgan fingerprint density at radius 1 is 1.21 bits per heavy atom. The molecule has 0 amide bonds. The van der Waals surface area contributed by atoms with Gasteiger partial charge in [0, 0.05) is 23.5 Å². The zero-order valence-electron chi connectivity index (χ0n) is 10.9. The van der Waals surface area contributed by atoms with Crippen molar-refractivity contribution in [3.8, 4) is 5.75 Å². The minimum Gasteiger partial charge on any atom is -0.507 e. The van der Waals surface area contributed by atoms with Crippen molar-refractivity contribution in [3.05, 3.63) is 29.3 Å². The lowest BCUT2D eigenvalue weighted by Crippen LogP contribution is -2.02. The highest BCUT2D eigenvalue weighted by Gasteiger charge is 2.19. The summed E-state index contributed by atoms with van der Waals surface area (Å²) in [6.07, 6.45) is 0. The van der Waals surface area contributed by atoms with E-state index < -0.39 is 10.1 Å². The Morgan fingerprint density at radius 2 is 1.84 bits per heavy atom. The number of nitrogens with one attached hydrogen (secondary N) is 1. The Kier molecular flexibility index (Phi) is 3.15. The maximum atomic E-state index is 11.4. The van der Waals surface area contributed by atoms with Crippen LogP contribution in [0.5, 0.6) is 5.75 Å². The molecule has 0 aliphatic carbocycles. The van der Waals surface area contributed by atoms with E-state index in [1.807, 2.05) is 0 Å². The maximum Gasteiger partial charge on any atom is 0.295 e. The summed E-state index contributed by atoms with van der Waals surface area (Å²) in [6.45, 7) is 3.53. The quantitative estimate of drug-likeness (QED) is 0.736. The molecule has 0 aromatic heterocycles. The van der Waals surface area contributed by atoms with Crippen LogP contribution in [0.15, 0.2) is 23.1 Å². The molecule has 3 N–H and O–H groups in total. The summed E-state index contributed by atoms with van der Waals surface area (Å²) >= 11 is 0. The highest BCUT2D eigenvalue weighted by atomic mass is 32.2. The summed E-state index contributed by atoms with van der Waals surface area (Å²) in [4.78, 5) is -0.208. The molecule has 0 saturated heterocycles. The van der Waals surface area contributed by atoms with Gasteiger partial charge in [0.15, 0.2) is 0 Å². The summed E-state index contributed by atoms with van der Waals surface area (Å²) < 4.78 is 32.1. The van der Waals surface area contributed by atoms with Crippen LogP contribution in [0.3, 0.4) is 0 Å². The fourth-order valence-corrected chi connectivity index (χ4v) is 2.81. The Balaban J connectivity index is 3.08. The number of hydrogen-bond acceptors (Lipinski definition) is 4. The molecule has 19 heavy (non-hydrogen) atoms. The van der Waals surface area contributed by atoms with Gasteiger partial charge < -0.3 is 10.4 Å². The summed E-state index contributed by atoms with van der Waals surface area (Å²) in [5.74, 6) is 0.0184. The Hall–Kier alpha value is -1.79. The molecule has 0 atom stereocenters. The largest absolute Gasteiger partial charge is 0.507 e. The summed E-state index contributed by atoms with van der Waals surface area (Å²) in [6, 6.07) is 4.48. The molecule has 2 aromatic rings. The minimum absolute atomic E-state index is 0.0184. The first-order valence-corrected chi connectivity index (χ1v) is 7.12. The smallest absolute Gasteiger partial charge is 0.295 e. The van der Waals surface area contributed by atoms with E-state index in [4.69, 9.17) is 0 Å². The SMILES string of the molecule is CNc1ccc(S(=O)(=O)O)c2cc(C)c(C)c(O)c12. The van der Waals surface area contributed by atoms with E-state index in [1.54, 1.807) is 27.0 Å². The molecule has 2 aromatic carbocycles. The van der Waals surface area contributed by atoms with Gasteiger partial charge in [-0.2, -0.15) is 8.42 Å². The molecule has 0 radical (unpaired) electrons. The van der Waals surface area contributed by atoms with Crippen molar-refractivity contribution < 1.29 is 18.1 Å². The lowest BCUT2D eigenvalue weighted by molar-refractivity contribution is 0.477. The van der Waals surface area contributed by atoms with E-state index in [2.05, 4.69) is 5.32 Å². The fraction of sp³-hybridized carbons (Fsp3) is 0.231. The van der Waals surface area contributed by atoms with Gasteiger partial charge in [0.25, 0.3) is 10.1 Å². The van der Waals surface area contributed by atoms with Gasteiger partial charge in [0.1, 0.15) is 10.6 Å². The number of anilines is 1. The number of phenolic OH excluding ortho intramolecular Hbond substituents is 1. The minimum atomic E-state index is -4.34. The van der Waals surface area contributed by atoms with Crippen LogP contribution in [0.25, 0.3) is 10.8 Å². The summed E-state index contributed by atoms with van der Waals surface area (Å²) in [5.41, 5.74) is 2.03. The van der Waals surface area contributed by atoms with Crippen LogP contribution < -0.4 is 5.32 Å². The molecule has 0 unspecified atom stereocenters. The second-order valence-corrected chi connectivity index (χ2v) is 5.82. The molecule has 5 nitrogen and oxygen atoms in total. The van der Waals surface area contributed by atoms with Crippen LogP contribution in [-0.2, 0) is 10.1 Å².